The fourth-order valence-corrected chi connectivity index (χ4v) is 2.63. The van der Waals surface area contributed by atoms with Gasteiger partial charge in [-0.15, -0.1) is 0 Å². The number of aromatic nitrogens is 2. The minimum atomic E-state index is -0.896. The van der Waals surface area contributed by atoms with Gasteiger partial charge >= 0.3 is 5.69 Å². The second-order valence-electron chi connectivity index (χ2n) is 5.56. The molecule has 3 rings (SSSR count). The summed E-state index contributed by atoms with van der Waals surface area (Å²) in [4.78, 5) is 15.7. The molecule has 0 bridgehead atoms. The molecule has 0 aliphatic carbocycles. The van der Waals surface area contributed by atoms with Crippen molar-refractivity contribution in [1.29, 1.82) is 0 Å². The van der Waals surface area contributed by atoms with Crippen molar-refractivity contribution in [3.8, 4) is 0 Å². The Kier molecular flexibility index (Phi) is 5.96. The molecule has 1 aliphatic rings. The second kappa shape index (κ2) is 8.39. The molecule has 26 heavy (non-hydrogen) atoms. The summed E-state index contributed by atoms with van der Waals surface area (Å²) >= 11 is 0. The van der Waals surface area contributed by atoms with Crippen LogP contribution in [-0.2, 0) is 23.7 Å². The van der Waals surface area contributed by atoms with E-state index in [9.17, 15) is 4.79 Å². The number of ether oxygens (including phenoxy) is 5. The minimum absolute atomic E-state index is 0.148. The second-order valence-corrected chi connectivity index (χ2v) is 5.56. The van der Waals surface area contributed by atoms with Gasteiger partial charge in [-0.3, -0.25) is 4.57 Å². The fraction of sp³-hybridized carbons (Fsp3) is 0.412. The van der Waals surface area contributed by atoms with Crippen LogP contribution in [0.15, 0.2) is 47.4 Å². The molecule has 3 unspecified atom stereocenters. The highest BCUT2D eigenvalue weighted by Crippen LogP contribution is 2.33. The van der Waals surface area contributed by atoms with Crippen molar-refractivity contribution >= 4 is 5.82 Å². The van der Waals surface area contributed by atoms with Gasteiger partial charge in [0.1, 0.15) is 11.9 Å². The van der Waals surface area contributed by atoms with Crippen molar-refractivity contribution in [3.05, 3.63) is 58.6 Å². The quantitative estimate of drug-likeness (QED) is 0.727. The lowest BCUT2D eigenvalue weighted by Gasteiger charge is -2.26. The molecule has 1 aromatic heterocycles. The van der Waals surface area contributed by atoms with Crippen molar-refractivity contribution in [2.24, 2.45) is 0 Å². The topological polar surface area (TPSA) is 107 Å². The summed E-state index contributed by atoms with van der Waals surface area (Å²) in [6.45, 7) is -0.736. The van der Waals surface area contributed by atoms with Crippen LogP contribution < -0.4 is 11.4 Å². The average Bonchev–Trinajstić information content (AvgIpc) is 3.13. The molecular weight excluding hydrogens is 342 g/mol. The number of benzene rings is 1. The Morgan fingerprint density at radius 3 is 2.62 bits per heavy atom. The third-order valence-corrected chi connectivity index (χ3v) is 3.87. The predicted octanol–water partition coefficient (Wildman–Crippen LogP) is 1.03. The van der Waals surface area contributed by atoms with Crippen molar-refractivity contribution in [1.82, 2.24) is 9.55 Å². The molecule has 1 fully saturated rings. The van der Waals surface area contributed by atoms with Gasteiger partial charge < -0.3 is 29.4 Å². The molecule has 1 aromatic carbocycles. The van der Waals surface area contributed by atoms with Crippen molar-refractivity contribution < 1.29 is 23.7 Å². The molecule has 2 N–H and O–H groups in total. The Labute approximate surface area is 150 Å². The van der Waals surface area contributed by atoms with E-state index in [-0.39, 0.29) is 12.4 Å². The zero-order valence-corrected chi connectivity index (χ0v) is 14.5. The lowest BCUT2D eigenvalue weighted by Crippen LogP contribution is -2.31. The molecule has 9 heteroatoms. The highest BCUT2D eigenvalue weighted by molar-refractivity contribution is 5.23. The van der Waals surface area contributed by atoms with Gasteiger partial charge in [-0.1, -0.05) is 30.3 Å². The van der Waals surface area contributed by atoms with Crippen molar-refractivity contribution in [2.45, 2.75) is 25.1 Å². The number of nitrogens with zero attached hydrogens (tertiary/aromatic N) is 2. The molecule has 1 aliphatic heterocycles. The highest BCUT2D eigenvalue weighted by atomic mass is 16.9. The molecule has 2 heterocycles. The SMILES string of the molecule is COC(OC)OC(c1ccccc1)C1OCC(n2ccc(N)nc2=O)O1. The van der Waals surface area contributed by atoms with Gasteiger partial charge in [-0.2, -0.15) is 4.98 Å². The first kappa shape index (κ1) is 18.5. The number of methoxy groups -OCH3 is 2. The summed E-state index contributed by atoms with van der Waals surface area (Å²) in [5, 5.41) is 0. The molecular formula is C17H21N3O6. The first-order chi connectivity index (χ1) is 12.6. The van der Waals surface area contributed by atoms with E-state index in [1.54, 1.807) is 0 Å². The van der Waals surface area contributed by atoms with Crippen LogP contribution in [0.1, 0.15) is 17.9 Å². The van der Waals surface area contributed by atoms with Crippen LogP contribution in [0.2, 0.25) is 0 Å². The lowest BCUT2D eigenvalue weighted by molar-refractivity contribution is -0.313. The molecule has 2 aromatic rings. The summed E-state index contributed by atoms with van der Waals surface area (Å²) < 4.78 is 29.0. The Hall–Kier alpha value is -2.30. The number of nitrogen functional groups attached to an aromatic ring is 1. The van der Waals surface area contributed by atoms with E-state index in [1.165, 1.54) is 31.0 Å². The van der Waals surface area contributed by atoms with Gasteiger partial charge in [0.05, 0.1) is 6.61 Å². The van der Waals surface area contributed by atoms with Gasteiger partial charge in [-0.25, -0.2) is 4.79 Å². The maximum atomic E-state index is 12.0. The first-order valence-electron chi connectivity index (χ1n) is 8.00. The van der Waals surface area contributed by atoms with E-state index < -0.39 is 30.8 Å². The van der Waals surface area contributed by atoms with Gasteiger partial charge in [0.15, 0.2) is 12.5 Å². The largest absolute Gasteiger partial charge is 0.383 e. The van der Waals surface area contributed by atoms with E-state index in [4.69, 9.17) is 29.4 Å². The molecule has 0 radical (unpaired) electrons. The Morgan fingerprint density at radius 1 is 1.23 bits per heavy atom. The average molecular weight is 363 g/mol. The third kappa shape index (κ3) is 4.09. The summed E-state index contributed by atoms with van der Waals surface area (Å²) in [6.07, 6.45) is -0.505. The lowest BCUT2D eigenvalue weighted by atomic mass is 10.1. The van der Waals surface area contributed by atoms with E-state index in [2.05, 4.69) is 4.98 Å². The Balaban J connectivity index is 1.80. The molecule has 140 valence electrons. The maximum Gasteiger partial charge on any atom is 0.351 e. The monoisotopic (exact) mass is 363 g/mol. The molecule has 9 nitrogen and oxygen atoms in total. The van der Waals surface area contributed by atoms with Crippen molar-refractivity contribution in [2.75, 3.05) is 26.6 Å². The van der Waals surface area contributed by atoms with E-state index in [0.717, 1.165) is 5.56 Å². The summed E-state index contributed by atoms with van der Waals surface area (Å²) in [5.74, 6) is 0.148. The van der Waals surface area contributed by atoms with Gasteiger partial charge in [0.25, 0.3) is 6.48 Å². The molecule has 0 spiro atoms. The molecule has 0 amide bonds. The molecule has 0 saturated carbocycles. The highest BCUT2D eigenvalue weighted by Gasteiger charge is 2.37. The summed E-state index contributed by atoms with van der Waals surface area (Å²) in [5.41, 5.74) is 5.83. The first-order valence-corrected chi connectivity index (χ1v) is 8.00. The molecule has 1 saturated heterocycles. The van der Waals surface area contributed by atoms with Crippen molar-refractivity contribution in [3.63, 3.8) is 0 Å². The molecule has 3 atom stereocenters. The summed E-state index contributed by atoms with van der Waals surface area (Å²) in [6, 6.07) is 10.9. The van der Waals surface area contributed by atoms with Crippen LogP contribution in [0.25, 0.3) is 0 Å². The van der Waals surface area contributed by atoms with E-state index >= 15 is 0 Å². The van der Waals surface area contributed by atoms with Gasteiger partial charge in [0, 0.05) is 20.4 Å². The maximum absolute atomic E-state index is 12.0. The van der Waals surface area contributed by atoms with Crippen LogP contribution in [0.4, 0.5) is 5.82 Å². The van der Waals surface area contributed by atoms with Gasteiger partial charge in [-0.05, 0) is 11.6 Å². The standard InChI is InChI=1S/C17H21N3O6/c1-22-17(23-2)26-14(11-6-4-3-5-7-11)15-24-10-13(25-15)20-9-8-12(18)19-16(20)21/h3-9,13-15,17H,10H2,1-2H3,(H2,18,19,21). The van der Waals surface area contributed by atoms with Crippen LogP contribution >= 0.6 is 0 Å². The van der Waals surface area contributed by atoms with Crippen LogP contribution in [0.5, 0.6) is 0 Å². The number of rotatable bonds is 7. The normalized spacial score (nSPS) is 21.2. The summed E-state index contributed by atoms with van der Waals surface area (Å²) in [7, 11) is 2.93. The number of nitrogens with two attached hydrogens (primary N) is 1. The Morgan fingerprint density at radius 2 is 1.96 bits per heavy atom. The van der Waals surface area contributed by atoms with Crippen LogP contribution in [-0.4, -0.2) is 43.1 Å². The van der Waals surface area contributed by atoms with Crippen LogP contribution in [0.3, 0.4) is 0 Å². The van der Waals surface area contributed by atoms with Gasteiger partial charge in [0.2, 0.25) is 0 Å². The van der Waals surface area contributed by atoms with Crippen LogP contribution in [0, 0.1) is 0 Å². The number of hydrogen-bond donors (Lipinski definition) is 1. The zero-order chi connectivity index (χ0) is 18.5. The smallest absolute Gasteiger partial charge is 0.351 e. The minimum Gasteiger partial charge on any atom is -0.383 e. The zero-order valence-electron chi connectivity index (χ0n) is 14.5. The third-order valence-electron chi connectivity index (χ3n) is 3.87. The Bertz CT molecular complexity index is 765. The van der Waals surface area contributed by atoms with E-state index in [1.807, 2.05) is 30.3 Å². The number of anilines is 1. The number of hydrogen-bond acceptors (Lipinski definition) is 8. The fourth-order valence-electron chi connectivity index (χ4n) is 2.63. The van der Waals surface area contributed by atoms with E-state index in [0.29, 0.717) is 0 Å². The predicted molar refractivity (Wildman–Crippen MR) is 90.8 cm³/mol.